The third-order valence-corrected chi connectivity index (χ3v) is 8.18. The van der Waals surface area contributed by atoms with Crippen LogP contribution in [0.15, 0.2) is 85.2 Å². The highest BCUT2D eigenvalue weighted by molar-refractivity contribution is 7.18. The van der Waals surface area contributed by atoms with E-state index in [1.807, 2.05) is 36.5 Å². The van der Waals surface area contributed by atoms with Gasteiger partial charge in [-0.05, 0) is 47.2 Å². The molecule has 5 aromatic rings. The van der Waals surface area contributed by atoms with Gasteiger partial charge in [-0.2, -0.15) is 0 Å². The second-order valence-electron chi connectivity index (χ2n) is 9.35. The van der Waals surface area contributed by atoms with Gasteiger partial charge in [-0.3, -0.25) is 19.5 Å². The van der Waals surface area contributed by atoms with E-state index in [4.69, 9.17) is 0 Å². The number of benzene rings is 3. The molecule has 2 aliphatic rings. The number of nitrogens with zero attached hydrogens (tertiary/aromatic N) is 5. The van der Waals surface area contributed by atoms with E-state index in [1.54, 1.807) is 30.5 Å². The number of hydrogen-bond acceptors (Lipinski definition) is 7. The summed E-state index contributed by atoms with van der Waals surface area (Å²) in [6.07, 6.45) is 4.34. The highest BCUT2D eigenvalue weighted by atomic mass is 32.1. The Labute approximate surface area is 217 Å². The molecule has 2 aromatic heterocycles. The number of anilines is 1. The maximum atomic E-state index is 13.1. The number of rotatable bonds is 4. The Balaban J connectivity index is 1.23. The maximum Gasteiger partial charge on any atom is 0.261 e. The molecule has 180 valence electrons. The molecule has 0 saturated carbocycles. The summed E-state index contributed by atoms with van der Waals surface area (Å²) in [4.78, 5) is 34.0. The average Bonchev–Trinajstić information content (AvgIpc) is 3.53. The van der Waals surface area contributed by atoms with Gasteiger partial charge in [-0.1, -0.05) is 59.9 Å². The normalized spacial score (nSPS) is 16.8. The van der Waals surface area contributed by atoms with E-state index in [1.165, 1.54) is 27.4 Å². The summed E-state index contributed by atoms with van der Waals surface area (Å²) in [7, 11) is 0. The molecular formula is C29H21N5O2S. The van der Waals surface area contributed by atoms with Crippen LogP contribution in [0.5, 0.6) is 0 Å². The molecule has 2 aliphatic heterocycles. The third kappa shape index (κ3) is 3.68. The first-order valence-electron chi connectivity index (χ1n) is 12.1. The third-order valence-electron chi connectivity index (χ3n) is 7.17. The number of carbonyl (C=O) groups is 2. The molecule has 37 heavy (non-hydrogen) atoms. The Morgan fingerprint density at radius 3 is 2.41 bits per heavy atom. The predicted octanol–water partition coefficient (Wildman–Crippen LogP) is 4.98. The molecular weight excluding hydrogens is 482 g/mol. The van der Waals surface area contributed by atoms with E-state index in [0.29, 0.717) is 30.6 Å². The quantitative estimate of drug-likeness (QED) is 0.322. The topological polar surface area (TPSA) is 79.3 Å². The van der Waals surface area contributed by atoms with Gasteiger partial charge < -0.3 is 4.90 Å². The molecule has 7 nitrogen and oxygen atoms in total. The lowest BCUT2D eigenvalue weighted by molar-refractivity contribution is 0.0642. The van der Waals surface area contributed by atoms with Crippen LogP contribution in [-0.2, 0) is 13.0 Å². The van der Waals surface area contributed by atoms with Crippen LogP contribution in [0.1, 0.15) is 31.8 Å². The Bertz CT molecular complexity index is 1660. The number of aromatic nitrogens is 3. The molecule has 0 bridgehead atoms. The van der Waals surface area contributed by atoms with E-state index >= 15 is 0 Å². The van der Waals surface area contributed by atoms with Gasteiger partial charge in [0.2, 0.25) is 5.13 Å². The molecule has 7 rings (SSSR count). The van der Waals surface area contributed by atoms with Gasteiger partial charge in [0.1, 0.15) is 5.01 Å². The monoisotopic (exact) mass is 503 g/mol. The summed E-state index contributed by atoms with van der Waals surface area (Å²) in [5.41, 5.74) is 4.39. The molecule has 0 N–H and O–H groups in total. The Morgan fingerprint density at radius 1 is 0.838 bits per heavy atom. The maximum absolute atomic E-state index is 13.1. The number of carbonyl (C=O) groups excluding carboxylic acids is 2. The number of amides is 2. The summed E-state index contributed by atoms with van der Waals surface area (Å²) >= 11 is 1.53. The van der Waals surface area contributed by atoms with Crippen molar-refractivity contribution in [3.63, 3.8) is 0 Å². The van der Waals surface area contributed by atoms with Crippen LogP contribution >= 0.6 is 11.3 Å². The number of pyridine rings is 1. The summed E-state index contributed by atoms with van der Waals surface area (Å²) in [5.74, 6) is -0.467. The molecule has 0 radical (unpaired) electrons. The first-order valence-corrected chi connectivity index (χ1v) is 12.9. The number of hydrogen-bond donors (Lipinski definition) is 0. The minimum Gasteiger partial charge on any atom is -0.337 e. The summed E-state index contributed by atoms with van der Waals surface area (Å²) < 4.78 is 0. The van der Waals surface area contributed by atoms with E-state index in [2.05, 4.69) is 38.3 Å². The molecule has 2 amide bonds. The molecule has 1 atom stereocenters. The van der Waals surface area contributed by atoms with Crippen LogP contribution in [0.3, 0.4) is 0 Å². The Hall–Kier alpha value is -4.43. The van der Waals surface area contributed by atoms with Crippen LogP contribution in [0, 0.1) is 0 Å². The van der Waals surface area contributed by atoms with Crippen molar-refractivity contribution in [3.8, 4) is 10.6 Å². The van der Waals surface area contributed by atoms with Gasteiger partial charge in [0.15, 0.2) is 0 Å². The minimum atomic E-state index is -0.233. The van der Waals surface area contributed by atoms with E-state index < -0.39 is 0 Å². The predicted molar refractivity (Wildman–Crippen MR) is 143 cm³/mol. The van der Waals surface area contributed by atoms with Crippen molar-refractivity contribution >= 4 is 39.1 Å². The highest BCUT2D eigenvalue weighted by Gasteiger charge is 2.39. The zero-order valence-corrected chi connectivity index (χ0v) is 20.6. The molecule has 0 fully saturated rings. The van der Waals surface area contributed by atoms with E-state index in [9.17, 15) is 9.59 Å². The Kier molecular flexibility index (Phi) is 5.07. The molecule has 0 aliphatic carbocycles. The fourth-order valence-electron chi connectivity index (χ4n) is 5.25. The highest BCUT2D eigenvalue weighted by Crippen LogP contribution is 2.36. The van der Waals surface area contributed by atoms with Crippen molar-refractivity contribution in [2.24, 2.45) is 0 Å². The first-order chi connectivity index (χ1) is 18.2. The van der Waals surface area contributed by atoms with Crippen molar-refractivity contribution in [1.29, 1.82) is 0 Å². The average molecular weight is 504 g/mol. The minimum absolute atomic E-state index is 0.111. The molecule has 0 spiro atoms. The lowest BCUT2D eigenvalue weighted by atomic mass is 9.94. The second kappa shape index (κ2) is 8.60. The Morgan fingerprint density at radius 2 is 1.59 bits per heavy atom. The zero-order chi connectivity index (χ0) is 24.9. The van der Waals surface area contributed by atoms with Gasteiger partial charge in [0, 0.05) is 29.9 Å². The van der Waals surface area contributed by atoms with Crippen molar-refractivity contribution < 1.29 is 9.59 Å². The van der Waals surface area contributed by atoms with Crippen molar-refractivity contribution in [1.82, 2.24) is 20.1 Å². The van der Waals surface area contributed by atoms with Crippen molar-refractivity contribution in [2.45, 2.75) is 19.0 Å². The second-order valence-corrected chi connectivity index (χ2v) is 10.3. The SMILES string of the molecule is O=C1c2ccccc2C(=O)N1C[C@H]1Cc2ccccc2CN1c1nnc(-c2ccc3cnccc3c2)s1. The van der Waals surface area contributed by atoms with Crippen LogP contribution in [0.4, 0.5) is 5.13 Å². The largest absolute Gasteiger partial charge is 0.337 e. The lowest BCUT2D eigenvalue weighted by Gasteiger charge is -2.38. The standard InChI is InChI=1S/C29H21N5O2S/c35-27-24-7-3-4-8-25(24)28(36)34(27)17-23-14-18-5-1-2-6-22(18)16-33(23)29-32-31-26(37-29)20-9-10-21-15-30-12-11-19(21)13-20/h1-13,15,23H,14,16-17H2/t23-/m1/s1. The fourth-order valence-corrected chi connectivity index (χ4v) is 6.17. The summed E-state index contributed by atoms with van der Waals surface area (Å²) in [6.45, 7) is 0.931. The van der Waals surface area contributed by atoms with Gasteiger partial charge in [-0.15, -0.1) is 10.2 Å². The van der Waals surface area contributed by atoms with Gasteiger partial charge in [-0.25, -0.2) is 0 Å². The molecule has 0 saturated heterocycles. The van der Waals surface area contributed by atoms with Crippen LogP contribution in [-0.4, -0.2) is 44.5 Å². The van der Waals surface area contributed by atoms with Crippen LogP contribution in [0.2, 0.25) is 0 Å². The van der Waals surface area contributed by atoms with Crippen LogP contribution < -0.4 is 4.90 Å². The molecule has 3 aromatic carbocycles. The first kappa shape index (κ1) is 21.8. The van der Waals surface area contributed by atoms with Crippen LogP contribution in [0.25, 0.3) is 21.3 Å². The molecule has 0 unspecified atom stereocenters. The molecule has 4 heterocycles. The molecule has 8 heteroatoms. The smallest absolute Gasteiger partial charge is 0.261 e. The van der Waals surface area contributed by atoms with Crippen molar-refractivity contribution in [2.75, 3.05) is 11.4 Å². The van der Waals surface area contributed by atoms with Crippen molar-refractivity contribution in [3.05, 3.63) is 107 Å². The van der Waals surface area contributed by atoms with E-state index in [0.717, 1.165) is 26.5 Å². The summed E-state index contributed by atoms with van der Waals surface area (Å²) in [5, 5.41) is 12.9. The number of imide groups is 1. The fraction of sp³-hybridized carbons (Fsp3) is 0.138. The van der Waals surface area contributed by atoms with E-state index in [-0.39, 0.29) is 17.9 Å². The van der Waals surface area contributed by atoms with Gasteiger partial charge in [0.25, 0.3) is 11.8 Å². The zero-order valence-electron chi connectivity index (χ0n) is 19.7. The van der Waals surface area contributed by atoms with Gasteiger partial charge in [0.05, 0.1) is 23.7 Å². The van der Waals surface area contributed by atoms with Gasteiger partial charge >= 0.3 is 0 Å². The summed E-state index contributed by atoms with van der Waals surface area (Å²) in [6, 6.07) is 23.4. The lowest BCUT2D eigenvalue weighted by Crippen LogP contribution is -2.49. The number of fused-ring (bicyclic) bond motifs is 3.